The molecule has 38 heavy (non-hydrogen) atoms. The first-order chi connectivity index (χ1) is 18.3. The number of nitrogen functional groups attached to an aromatic ring is 1. The molecule has 0 unspecified atom stereocenters. The lowest BCUT2D eigenvalue weighted by Crippen LogP contribution is -2.62. The molecule has 1 saturated carbocycles. The van der Waals surface area contributed by atoms with E-state index in [2.05, 4.69) is 16.1 Å². The number of amidine groups is 1. The fourth-order valence-corrected chi connectivity index (χ4v) is 5.52. The van der Waals surface area contributed by atoms with E-state index in [0.717, 1.165) is 42.4 Å². The number of nitrogens with one attached hydrogen (secondary N) is 4. The molecule has 4 rings (SSSR count). The van der Waals surface area contributed by atoms with Crippen LogP contribution in [0.5, 0.6) is 0 Å². The van der Waals surface area contributed by atoms with Gasteiger partial charge >= 0.3 is 5.97 Å². The minimum absolute atomic E-state index is 0.0175. The third-order valence-electron chi connectivity index (χ3n) is 7.57. The quantitative estimate of drug-likeness (QED) is 0.185. The number of amides is 2. The van der Waals surface area contributed by atoms with Gasteiger partial charge in [-0.1, -0.05) is 80.6 Å². The average molecular weight is 520 g/mol. The minimum Gasteiger partial charge on any atom is -0.384 e. The lowest BCUT2D eigenvalue weighted by atomic mass is 9.84. The first-order valence-electron chi connectivity index (χ1n) is 13.3. The molecule has 202 valence electrons. The molecule has 9 heteroatoms. The predicted molar refractivity (Wildman–Crippen MR) is 144 cm³/mol. The number of nitrogens with two attached hydrogens (primary N) is 1. The second-order valence-corrected chi connectivity index (χ2v) is 10.5. The first-order valence-corrected chi connectivity index (χ1v) is 13.3. The summed E-state index contributed by atoms with van der Waals surface area (Å²) in [5.41, 5.74) is 10.5. The lowest BCUT2D eigenvalue weighted by Gasteiger charge is -2.32. The van der Waals surface area contributed by atoms with Crippen LogP contribution in [0.3, 0.4) is 0 Å². The molecule has 0 aromatic heterocycles. The number of carbonyl (C=O) groups excluding carboxylic acids is 3. The number of rotatable bonds is 10. The van der Waals surface area contributed by atoms with Gasteiger partial charge in [-0.25, -0.2) is 0 Å². The standard InChI is InChI=1S/C29H37N5O4/c1-19(35)38-34-25(15-20-7-3-2-4-8-20)27(36)33-29(16-23-9-5-6-10-24(23)17-29)28(37)32-18-21-11-13-22(14-12-21)26(30)31/h5-6,9-14,20,25,34H,2-4,7-8,15-18H2,1H3,(H3,30,31)(H,32,37)(H,33,36)/t25-/m1/s1. The van der Waals surface area contributed by atoms with Crippen LogP contribution in [0.25, 0.3) is 0 Å². The fraction of sp³-hybridized carbons (Fsp3) is 0.448. The van der Waals surface area contributed by atoms with Gasteiger partial charge in [0.05, 0.1) is 0 Å². The molecule has 0 saturated heterocycles. The summed E-state index contributed by atoms with van der Waals surface area (Å²) in [4.78, 5) is 43.9. The van der Waals surface area contributed by atoms with E-state index in [4.69, 9.17) is 16.0 Å². The van der Waals surface area contributed by atoms with E-state index in [9.17, 15) is 14.4 Å². The Bertz CT molecular complexity index is 1150. The molecule has 9 nitrogen and oxygen atoms in total. The second-order valence-electron chi connectivity index (χ2n) is 10.5. The Morgan fingerprint density at radius 1 is 1.03 bits per heavy atom. The Kier molecular flexibility index (Phi) is 8.78. The maximum atomic E-state index is 13.7. The van der Waals surface area contributed by atoms with Gasteiger partial charge in [0.1, 0.15) is 17.4 Å². The van der Waals surface area contributed by atoms with Gasteiger partial charge in [-0.3, -0.25) is 19.8 Å². The Labute approximate surface area is 223 Å². The van der Waals surface area contributed by atoms with Crippen molar-refractivity contribution in [1.29, 1.82) is 5.41 Å². The summed E-state index contributed by atoms with van der Waals surface area (Å²) in [7, 11) is 0. The summed E-state index contributed by atoms with van der Waals surface area (Å²) in [5.74, 6) is -0.822. The topological polar surface area (TPSA) is 146 Å². The number of hydrogen-bond donors (Lipinski definition) is 5. The van der Waals surface area contributed by atoms with E-state index < -0.39 is 17.6 Å². The van der Waals surface area contributed by atoms with Gasteiger partial charge < -0.3 is 21.2 Å². The predicted octanol–water partition coefficient (Wildman–Crippen LogP) is 2.65. The molecule has 2 amide bonds. The molecular weight excluding hydrogens is 482 g/mol. The highest BCUT2D eigenvalue weighted by Gasteiger charge is 2.46. The van der Waals surface area contributed by atoms with Gasteiger partial charge in [0.15, 0.2) is 0 Å². The summed E-state index contributed by atoms with van der Waals surface area (Å²) in [6.07, 6.45) is 6.79. The highest BCUT2D eigenvalue weighted by Crippen LogP contribution is 2.32. The monoisotopic (exact) mass is 519 g/mol. The highest BCUT2D eigenvalue weighted by molar-refractivity contribution is 5.95. The van der Waals surface area contributed by atoms with Crippen molar-refractivity contribution in [3.8, 4) is 0 Å². The molecule has 0 spiro atoms. The summed E-state index contributed by atoms with van der Waals surface area (Å²) in [6, 6.07) is 14.2. The maximum absolute atomic E-state index is 13.7. The summed E-state index contributed by atoms with van der Waals surface area (Å²) >= 11 is 0. The number of carbonyl (C=O) groups is 3. The van der Waals surface area contributed by atoms with Crippen LogP contribution in [-0.2, 0) is 38.6 Å². The molecule has 2 aliphatic rings. The number of hydroxylamine groups is 1. The van der Waals surface area contributed by atoms with Crippen molar-refractivity contribution in [1.82, 2.24) is 16.1 Å². The molecule has 0 aliphatic heterocycles. The molecular formula is C29H37N5O4. The van der Waals surface area contributed by atoms with E-state index in [1.807, 2.05) is 36.4 Å². The van der Waals surface area contributed by atoms with Gasteiger partial charge in [-0.2, -0.15) is 0 Å². The smallest absolute Gasteiger partial charge is 0.321 e. The van der Waals surface area contributed by atoms with Crippen LogP contribution < -0.4 is 21.8 Å². The molecule has 0 heterocycles. The normalized spacial score (nSPS) is 17.2. The molecule has 6 N–H and O–H groups in total. The van der Waals surface area contributed by atoms with Gasteiger partial charge in [-0.05, 0) is 29.0 Å². The minimum atomic E-state index is -1.16. The van der Waals surface area contributed by atoms with E-state index in [0.29, 0.717) is 30.7 Å². The van der Waals surface area contributed by atoms with Crippen molar-refractivity contribution in [2.45, 2.75) is 76.4 Å². The Morgan fingerprint density at radius 3 is 2.24 bits per heavy atom. The van der Waals surface area contributed by atoms with Gasteiger partial charge in [0.25, 0.3) is 0 Å². The van der Waals surface area contributed by atoms with Crippen molar-refractivity contribution in [2.24, 2.45) is 11.7 Å². The number of hydrogen-bond acceptors (Lipinski definition) is 6. The van der Waals surface area contributed by atoms with E-state index in [1.54, 1.807) is 12.1 Å². The maximum Gasteiger partial charge on any atom is 0.321 e. The summed E-state index contributed by atoms with van der Waals surface area (Å²) in [6.45, 7) is 1.55. The van der Waals surface area contributed by atoms with Crippen LogP contribution in [-0.4, -0.2) is 35.2 Å². The first kappa shape index (κ1) is 27.3. The Morgan fingerprint density at radius 2 is 1.66 bits per heavy atom. The molecule has 0 bridgehead atoms. The third kappa shape index (κ3) is 6.77. The van der Waals surface area contributed by atoms with E-state index >= 15 is 0 Å². The summed E-state index contributed by atoms with van der Waals surface area (Å²) in [5, 5.41) is 13.6. The second kappa shape index (κ2) is 12.2. The molecule has 2 aliphatic carbocycles. The van der Waals surface area contributed by atoms with Crippen molar-refractivity contribution in [3.05, 3.63) is 70.8 Å². The van der Waals surface area contributed by atoms with E-state index in [1.165, 1.54) is 13.3 Å². The zero-order chi connectivity index (χ0) is 27.1. The largest absolute Gasteiger partial charge is 0.384 e. The van der Waals surface area contributed by atoms with Gasteiger partial charge in [0, 0.05) is 31.9 Å². The molecule has 1 fully saturated rings. The Hall–Kier alpha value is -3.72. The van der Waals surface area contributed by atoms with Crippen LogP contribution in [0, 0.1) is 11.3 Å². The van der Waals surface area contributed by atoms with Gasteiger partial charge in [0.2, 0.25) is 11.8 Å². The highest BCUT2D eigenvalue weighted by atomic mass is 16.7. The SMILES string of the molecule is CC(=O)ON[C@H](CC1CCCCC1)C(=O)NC1(C(=O)NCc2ccc(C(=N)N)cc2)Cc2ccccc2C1. The lowest BCUT2D eigenvalue weighted by molar-refractivity contribution is -0.153. The van der Waals surface area contributed by atoms with Crippen LogP contribution in [0.2, 0.25) is 0 Å². The summed E-state index contributed by atoms with van der Waals surface area (Å²) < 4.78 is 0. The Balaban J connectivity index is 1.51. The average Bonchev–Trinajstić information content (AvgIpc) is 3.29. The van der Waals surface area contributed by atoms with Crippen LogP contribution in [0.15, 0.2) is 48.5 Å². The molecule has 2 aromatic carbocycles. The van der Waals surface area contributed by atoms with E-state index in [-0.39, 0.29) is 24.2 Å². The molecule has 0 radical (unpaired) electrons. The van der Waals surface area contributed by atoms with Crippen LogP contribution in [0.1, 0.15) is 67.7 Å². The van der Waals surface area contributed by atoms with Crippen LogP contribution in [0.4, 0.5) is 0 Å². The molecule has 2 aromatic rings. The zero-order valence-electron chi connectivity index (χ0n) is 21.8. The van der Waals surface area contributed by atoms with Gasteiger partial charge in [-0.15, -0.1) is 5.48 Å². The van der Waals surface area contributed by atoms with Crippen molar-refractivity contribution in [3.63, 3.8) is 0 Å². The number of fused-ring (bicyclic) bond motifs is 1. The van der Waals surface area contributed by atoms with Crippen LogP contribution >= 0.6 is 0 Å². The van der Waals surface area contributed by atoms with Crippen molar-refractivity contribution >= 4 is 23.6 Å². The fourth-order valence-electron chi connectivity index (χ4n) is 5.52. The number of benzene rings is 2. The van der Waals surface area contributed by atoms with Crippen molar-refractivity contribution < 1.29 is 19.2 Å². The molecule has 1 atom stereocenters. The zero-order valence-corrected chi connectivity index (χ0v) is 21.8. The van der Waals surface area contributed by atoms with Crippen molar-refractivity contribution in [2.75, 3.05) is 0 Å². The third-order valence-corrected chi connectivity index (χ3v) is 7.57.